The molecule has 5 heteroatoms. The first kappa shape index (κ1) is 15.3. The van der Waals surface area contributed by atoms with Crippen molar-refractivity contribution >= 4 is 40.1 Å². The summed E-state index contributed by atoms with van der Waals surface area (Å²) in [6.45, 7) is 5.82. The van der Waals surface area contributed by atoms with Gasteiger partial charge in [-0.2, -0.15) is 0 Å². The molecule has 1 aliphatic heterocycles. The lowest BCUT2D eigenvalue weighted by Crippen LogP contribution is -2.64. The van der Waals surface area contributed by atoms with Gasteiger partial charge in [-0.1, -0.05) is 26.8 Å². The summed E-state index contributed by atoms with van der Waals surface area (Å²) in [5, 5.41) is 2.85. The Bertz CT molecular complexity index is 530. The Hall–Kier alpha value is -1.11. The minimum Gasteiger partial charge on any atom is -0.342 e. The molecule has 0 bridgehead atoms. The van der Waals surface area contributed by atoms with Crippen molar-refractivity contribution in [2.24, 2.45) is 5.92 Å². The summed E-state index contributed by atoms with van der Waals surface area (Å²) in [6.07, 6.45) is 0.605. The van der Waals surface area contributed by atoms with Crippen LogP contribution in [0.1, 0.15) is 27.2 Å². The maximum Gasteiger partial charge on any atom is 0.250 e. The molecule has 2 unspecified atom stereocenters. The molecule has 1 aromatic carbocycles. The van der Waals surface area contributed by atoms with Gasteiger partial charge in [0.15, 0.2) is 0 Å². The second-order valence-corrected chi connectivity index (χ2v) is 6.59. The van der Waals surface area contributed by atoms with Gasteiger partial charge in [-0.25, -0.2) is 0 Å². The highest BCUT2D eigenvalue weighted by Crippen LogP contribution is 2.26. The van der Waals surface area contributed by atoms with Crippen LogP contribution in [0.2, 0.25) is 0 Å². The Balaban J connectivity index is 2.44. The van der Waals surface area contributed by atoms with Crippen LogP contribution in [-0.4, -0.2) is 23.9 Å². The molecular formula is C15H19IN2O2. The van der Waals surface area contributed by atoms with Crippen LogP contribution >= 0.6 is 22.6 Å². The molecule has 0 saturated carbocycles. The van der Waals surface area contributed by atoms with Crippen LogP contribution in [0.3, 0.4) is 0 Å². The van der Waals surface area contributed by atoms with Crippen molar-refractivity contribution in [3.05, 3.63) is 27.8 Å². The third kappa shape index (κ3) is 2.82. The SMILES string of the molecule is CCC1C(=O)NC(C(C)C)C(=O)N1c1cccc(I)c1. The lowest BCUT2D eigenvalue weighted by molar-refractivity contribution is -0.134. The number of hydrogen-bond acceptors (Lipinski definition) is 2. The number of nitrogens with one attached hydrogen (secondary N) is 1. The van der Waals surface area contributed by atoms with E-state index in [1.165, 1.54) is 0 Å². The maximum absolute atomic E-state index is 12.7. The third-order valence-corrected chi connectivity index (χ3v) is 4.23. The summed E-state index contributed by atoms with van der Waals surface area (Å²) in [7, 11) is 0. The number of benzene rings is 1. The van der Waals surface area contributed by atoms with Gasteiger partial charge in [0.2, 0.25) is 5.91 Å². The quantitative estimate of drug-likeness (QED) is 0.812. The van der Waals surface area contributed by atoms with Crippen molar-refractivity contribution in [2.75, 3.05) is 4.90 Å². The Morgan fingerprint density at radius 3 is 2.60 bits per heavy atom. The van der Waals surface area contributed by atoms with Crippen LogP contribution in [0.25, 0.3) is 0 Å². The van der Waals surface area contributed by atoms with Crippen LogP contribution in [-0.2, 0) is 9.59 Å². The van der Waals surface area contributed by atoms with E-state index in [-0.39, 0.29) is 17.7 Å². The molecule has 1 heterocycles. The van der Waals surface area contributed by atoms with E-state index in [2.05, 4.69) is 27.9 Å². The molecule has 4 nitrogen and oxygen atoms in total. The van der Waals surface area contributed by atoms with Crippen molar-refractivity contribution in [2.45, 2.75) is 39.3 Å². The van der Waals surface area contributed by atoms with Gasteiger partial charge in [0.05, 0.1) is 0 Å². The Morgan fingerprint density at radius 1 is 1.35 bits per heavy atom. The smallest absolute Gasteiger partial charge is 0.250 e. The average molecular weight is 386 g/mol. The minimum absolute atomic E-state index is 0.0200. The van der Waals surface area contributed by atoms with E-state index < -0.39 is 12.1 Å². The number of hydrogen-bond donors (Lipinski definition) is 1. The predicted molar refractivity (Wildman–Crippen MR) is 87.5 cm³/mol. The van der Waals surface area contributed by atoms with E-state index in [9.17, 15) is 9.59 Å². The number of amides is 2. The first-order chi connectivity index (χ1) is 9.45. The number of anilines is 1. The van der Waals surface area contributed by atoms with Gasteiger partial charge >= 0.3 is 0 Å². The molecule has 1 N–H and O–H groups in total. The maximum atomic E-state index is 12.7. The van der Waals surface area contributed by atoms with Crippen LogP contribution in [0, 0.1) is 9.49 Å². The van der Waals surface area contributed by atoms with E-state index in [1.807, 2.05) is 45.0 Å². The van der Waals surface area contributed by atoms with Gasteiger partial charge in [0, 0.05) is 9.26 Å². The lowest BCUT2D eigenvalue weighted by atomic mass is 9.96. The second-order valence-electron chi connectivity index (χ2n) is 5.34. The third-order valence-electron chi connectivity index (χ3n) is 3.56. The summed E-state index contributed by atoms with van der Waals surface area (Å²) in [4.78, 5) is 26.6. The molecule has 0 radical (unpaired) electrons. The van der Waals surface area contributed by atoms with E-state index >= 15 is 0 Å². The second kappa shape index (κ2) is 6.11. The van der Waals surface area contributed by atoms with Gasteiger partial charge < -0.3 is 5.32 Å². The highest BCUT2D eigenvalue weighted by Gasteiger charge is 2.41. The molecule has 20 heavy (non-hydrogen) atoms. The number of carbonyl (C=O) groups is 2. The normalized spacial score (nSPS) is 23.1. The van der Waals surface area contributed by atoms with E-state index in [0.29, 0.717) is 6.42 Å². The Morgan fingerprint density at radius 2 is 2.05 bits per heavy atom. The molecular weight excluding hydrogens is 367 g/mol. The van der Waals surface area contributed by atoms with Gasteiger partial charge in [-0.15, -0.1) is 0 Å². The predicted octanol–water partition coefficient (Wildman–Crippen LogP) is 2.56. The average Bonchev–Trinajstić information content (AvgIpc) is 2.40. The molecule has 0 aromatic heterocycles. The summed E-state index contributed by atoms with van der Waals surface area (Å²) in [5.41, 5.74) is 0.800. The van der Waals surface area contributed by atoms with Gasteiger partial charge in [0.1, 0.15) is 12.1 Å². The van der Waals surface area contributed by atoms with Crippen LogP contribution in [0.15, 0.2) is 24.3 Å². The molecule has 2 amide bonds. The molecule has 0 spiro atoms. The van der Waals surface area contributed by atoms with E-state index in [1.54, 1.807) is 4.90 Å². The van der Waals surface area contributed by atoms with Crippen LogP contribution < -0.4 is 10.2 Å². The fraction of sp³-hybridized carbons (Fsp3) is 0.467. The Kier molecular flexibility index (Phi) is 4.67. The molecule has 2 atom stereocenters. The molecule has 1 fully saturated rings. The zero-order chi connectivity index (χ0) is 14.9. The molecule has 1 aromatic rings. The summed E-state index contributed by atoms with van der Waals surface area (Å²) < 4.78 is 1.05. The standard InChI is InChI=1S/C15H19IN2O2/c1-4-12-14(19)17-13(9(2)3)15(20)18(12)11-7-5-6-10(16)8-11/h5-9,12-13H,4H2,1-3H3,(H,17,19). The number of nitrogens with zero attached hydrogens (tertiary/aromatic N) is 1. The molecule has 108 valence electrons. The first-order valence-electron chi connectivity index (χ1n) is 6.84. The van der Waals surface area contributed by atoms with Crippen LogP contribution in [0.5, 0.6) is 0 Å². The van der Waals surface area contributed by atoms with E-state index in [0.717, 1.165) is 9.26 Å². The number of piperazine rings is 1. The Labute approximate surface area is 133 Å². The highest BCUT2D eigenvalue weighted by atomic mass is 127. The first-order valence-corrected chi connectivity index (χ1v) is 7.92. The summed E-state index contributed by atoms with van der Waals surface area (Å²) >= 11 is 2.21. The summed E-state index contributed by atoms with van der Waals surface area (Å²) in [5.74, 6) is -0.00680. The molecule has 0 aliphatic carbocycles. The number of carbonyl (C=O) groups excluding carboxylic acids is 2. The monoisotopic (exact) mass is 386 g/mol. The zero-order valence-electron chi connectivity index (χ0n) is 11.9. The van der Waals surface area contributed by atoms with Crippen LogP contribution in [0.4, 0.5) is 5.69 Å². The van der Waals surface area contributed by atoms with Gasteiger partial charge in [-0.05, 0) is 53.1 Å². The van der Waals surface area contributed by atoms with Gasteiger partial charge in [0.25, 0.3) is 5.91 Å². The molecule has 1 aliphatic rings. The number of halogens is 1. The topological polar surface area (TPSA) is 49.4 Å². The van der Waals surface area contributed by atoms with Crippen molar-refractivity contribution in [1.29, 1.82) is 0 Å². The van der Waals surface area contributed by atoms with Gasteiger partial charge in [-0.3, -0.25) is 14.5 Å². The molecule has 2 rings (SSSR count). The molecule has 1 saturated heterocycles. The lowest BCUT2D eigenvalue weighted by Gasteiger charge is -2.40. The van der Waals surface area contributed by atoms with Crippen molar-refractivity contribution in [1.82, 2.24) is 5.32 Å². The minimum atomic E-state index is -0.442. The van der Waals surface area contributed by atoms with Crippen molar-refractivity contribution in [3.63, 3.8) is 0 Å². The van der Waals surface area contributed by atoms with E-state index in [4.69, 9.17) is 0 Å². The fourth-order valence-corrected chi connectivity index (χ4v) is 3.01. The zero-order valence-corrected chi connectivity index (χ0v) is 14.0. The van der Waals surface area contributed by atoms with Crippen molar-refractivity contribution in [3.8, 4) is 0 Å². The number of rotatable bonds is 3. The largest absolute Gasteiger partial charge is 0.342 e. The fourth-order valence-electron chi connectivity index (χ4n) is 2.48. The summed E-state index contributed by atoms with van der Waals surface area (Å²) in [6, 6.07) is 6.85. The van der Waals surface area contributed by atoms with Crippen molar-refractivity contribution < 1.29 is 9.59 Å². The highest BCUT2D eigenvalue weighted by molar-refractivity contribution is 14.1.